The van der Waals surface area contributed by atoms with Gasteiger partial charge in [0.05, 0.1) is 34.9 Å². The smallest absolute Gasteiger partial charge is 0.183 e. The second kappa shape index (κ2) is 11.7. The number of ketones is 2. The second-order valence-electron chi connectivity index (χ2n) is 9.83. The molecule has 18 nitrogen and oxygen atoms in total. The van der Waals surface area contributed by atoms with Gasteiger partial charge in [-0.3, -0.25) is 9.59 Å². The van der Waals surface area contributed by atoms with Crippen LogP contribution in [0.25, 0.3) is 11.6 Å². The van der Waals surface area contributed by atoms with Crippen LogP contribution in [0.2, 0.25) is 0 Å². The number of aromatic nitrogens is 10. The lowest BCUT2D eigenvalue weighted by molar-refractivity contribution is 0.101. The SMILES string of the molecule is CCCc1nn(-c2cc(-n3nc(C)c(N=Nc4c(C(C)=O)cnn4C)c3N)ncn2)c(N)c1N=Nc1c(C(C)=O)cnn1C. The molecule has 5 heterocycles. The fraction of sp³-hybridized carbons (Fsp3) is 0.308. The minimum atomic E-state index is -0.191. The van der Waals surface area contributed by atoms with Crippen LogP contribution in [0, 0.1) is 6.92 Å². The molecule has 5 aromatic heterocycles. The summed E-state index contributed by atoms with van der Waals surface area (Å²) in [5.41, 5.74) is 15.3. The highest BCUT2D eigenvalue weighted by atomic mass is 16.1. The first-order valence-corrected chi connectivity index (χ1v) is 13.5. The molecule has 0 aliphatic rings. The zero-order valence-corrected chi connectivity index (χ0v) is 25.0. The lowest BCUT2D eigenvalue weighted by atomic mass is 10.2. The Labute approximate surface area is 250 Å². The molecule has 0 radical (unpaired) electrons. The van der Waals surface area contributed by atoms with Crippen molar-refractivity contribution in [2.45, 2.75) is 40.5 Å². The lowest BCUT2D eigenvalue weighted by Crippen LogP contribution is -2.09. The number of nitrogens with zero attached hydrogens (tertiary/aromatic N) is 14. The largest absolute Gasteiger partial charge is 0.382 e. The predicted octanol–water partition coefficient (Wildman–Crippen LogP) is 3.98. The van der Waals surface area contributed by atoms with Crippen molar-refractivity contribution in [2.75, 3.05) is 11.5 Å². The van der Waals surface area contributed by atoms with E-state index in [1.807, 2.05) is 6.92 Å². The third-order valence-corrected chi connectivity index (χ3v) is 6.65. The molecule has 5 aromatic rings. The molecule has 0 saturated heterocycles. The first kappa shape index (κ1) is 29.5. The molecule has 44 heavy (non-hydrogen) atoms. The summed E-state index contributed by atoms with van der Waals surface area (Å²) in [6.07, 6.45) is 5.53. The summed E-state index contributed by atoms with van der Waals surface area (Å²) in [4.78, 5) is 32.6. The molecular formula is C26H30N16O2. The van der Waals surface area contributed by atoms with Gasteiger partial charge in [-0.05, 0) is 27.2 Å². The van der Waals surface area contributed by atoms with E-state index in [4.69, 9.17) is 11.5 Å². The minimum absolute atomic E-state index is 0.162. The number of carbonyl (C=O) groups excluding carboxylic acids is 2. The molecule has 5 rings (SSSR count). The molecule has 4 N–H and O–H groups in total. The molecule has 0 atom stereocenters. The van der Waals surface area contributed by atoms with Gasteiger partial charge in [0.2, 0.25) is 0 Å². The van der Waals surface area contributed by atoms with Gasteiger partial charge in [-0.25, -0.2) is 19.3 Å². The Bertz CT molecular complexity index is 1950. The van der Waals surface area contributed by atoms with Crippen LogP contribution in [0.15, 0.2) is 45.2 Å². The maximum atomic E-state index is 12.0. The average Bonchev–Trinajstić information content (AvgIpc) is 3.71. The third-order valence-electron chi connectivity index (χ3n) is 6.65. The van der Waals surface area contributed by atoms with Gasteiger partial charge in [0, 0.05) is 20.2 Å². The lowest BCUT2D eigenvalue weighted by Gasteiger charge is -2.06. The Kier molecular flexibility index (Phi) is 7.89. The molecule has 0 fully saturated rings. The van der Waals surface area contributed by atoms with E-state index in [2.05, 4.69) is 50.8 Å². The zero-order valence-electron chi connectivity index (χ0n) is 25.0. The van der Waals surface area contributed by atoms with Crippen molar-refractivity contribution in [3.63, 3.8) is 0 Å². The summed E-state index contributed by atoms with van der Waals surface area (Å²) >= 11 is 0. The van der Waals surface area contributed by atoms with Crippen LogP contribution in [-0.2, 0) is 20.5 Å². The number of nitrogen functional groups attached to an aromatic ring is 2. The van der Waals surface area contributed by atoms with Gasteiger partial charge in [-0.2, -0.15) is 29.8 Å². The van der Waals surface area contributed by atoms with E-state index in [1.165, 1.54) is 51.3 Å². The Hall–Kier alpha value is -5.94. The fourth-order valence-corrected chi connectivity index (χ4v) is 4.35. The Morgan fingerprint density at radius 1 is 0.795 bits per heavy atom. The Morgan fingerprint density at radius 3 is 1.82 bits per heavy atom. The van der Waals surface area contributed by atoms with E-state index in [0.717, 1.165) is 6.42 Å². The number of carbonyl (C=O) groups is 2. The standard InChI is InChI=1S/C26H30N16O2/c1-7-8-18-22(34-36-26-17(15(4)44)11-32-40(26)6)24(28)42(38-18)20-9-19(29-12-30-20)41-23(27)21(13(2)37-41)33-35-25-16(14(3)43)10-31-39(25)5/h9-12H,7-8,27-28H2,1-6H3. The van der Waals surface area contributed by atoms with Gasteiger partial charge in [0.25, 0.3) is 0 Å². The van der Waals surface area contributed by atoms with Crippen LogP contribution < -0.4 is 11.5 Å². The van der Waals surface area contributed by atoms with Crippen molar-refractivity contribution in [1.82, 2.24) is 49.1 Å². The van der Waals surface area contributed by atoms with Crippen molar-refractivity contribution in [3.05, 3.63) is 47.3 Å². The van der Waals surface area contributed by atoms with Crippen molar-refractivity contribution < 1.29 is 9.59 Å². The summed E-state index contributed by atoms with van der Waals surface area (Å²) in [6.45, 7) is 6.58. The highest BCUT2D eigenvalue weighted by Crippen LogP contribution is 2.34. The van der Waals surface area contributed by atoms with Crippen LogP contribution in [0.4, 0.5) is 34.6 Å². The zero-order chi connectivity index (χ0) is 31.7. The summed E-state index contributed by atoms with van der Waals surface area (Å²) < 4.78 is 5.72. The van der Waals surface area contributed by atoms with Crippen LogP contribution in [0.5, 0.6) is 0 Å². The van der Waals surface area contributed by atoms with Crippen molar-refractivity contribution in [2.24, 2.45) is 34.6 Å². The summed E-state index contributed by atoms with van der Waals surface area (Å²) in [5, 5.41) is 34.4. The minimum Gasteiger partial charge on any atom is -0.382 e. The van der Waals surface area contributed by atoms with Gasteiger partial charge < -0.3 is 11.5 Å². The van der Waals surface area contributed by atoms with Crippen LogP contribution in [-0.4, -0.2) is 60.7 Å². The Morgan fingerprint density at radius 2 is 1.30 bits per heavy atom. The number of hydrogen-bond acceptors (Lipinski definition) is 14. The molecular weight excluding hydrogens is 568 g/mol. The van der Waals surface area contributed by atoms with E-state index < -0.39 is 0 Å². The van der Waals surface area contributed by atoms with Crippen LogP contribution in [0.1, 0.15) is 59.3 Å². The quantitative estimate of drug-likeness (QED) is 0.173. The maximum absolute atomic E-state index is 12.0. The maximum Gasteiger partial charge on any atom is 0.183 e. The number of hydrogen-bond donors (Lipinski definition) is 2. The first-order chi connectivity index (χ1) is 21.0. The van der Waals surface area contributed by atoms with Gasteiger partial charge >= 0.3 is 0 Å². The monoisotopic (exact) mass is 598 g/mol. The number of Topliss-reactive ketones (excluding diaryl/α,β-unsaturated/α-hetero) is 2. The van der Waals surface area contributed by atoms with Crippen molar-refractivity contribution >= 4 is 46.2 Å². The molecule has 0 saturated carbocycles. The molecule has 0 aliphatic heterocycles. The molecule has 226 valence electrons. The van der Waals surface area contributed by atoms with Crippen LogP contribution in [0.3, 0.4) is 0 Å². The third kappa shape index (κ3) is 5.35. The number of aryl methyl sites for hydroxylation is 4. The first-order valence-electron chi connectivity index (χ1n) is 13.5. The molecule has 18 heteroatoms. The average molecular weight is 599 g/mol. The van der Waals surface area contributed by atoms with E-state index in [1.54, 1.807) is 27.1 Å². The van der Waals surface area contributed by atoms with Gasteiger partial charge in [0.1, 0.15) is 6.33 Å². The normalized spacial score (nSPS) is 11.8. The summed E-state index contributed by atoms with van der Waals surface area (Å²) in [7, 11) is 3.32. The van der Waals surface area contributed by atoms with Crippen molar-refractivity contribution in [3.8, 4) is 11.6 Å². The van der Waals surface area contributed by atoms with E-state index >= 15 is 0 Å². The summed E-state index contributed by atoms with van der Waals surface area (Å²) in [6, 6.07) is 1.60. The fourth-order valence-electron chi connectivity index (χ4n) is 4.35. The number of rotatable bonds is 10. The second-order valence-corrected chi connectivity index (χ2v) is 9.83. The van der Waals surface area contributed by atoms with Crippen molar-refractivity contribution in [1.29, 1.82) is 0 Å². The predicted molar refractivity (Wildman–Crippen MR) is 159 cm³/mol. The summed E-state index contributed by atoms with van der Waals surface area (Å²) in [5.74, 6) is 1.21. The molecule has 0 bridgehead atoms. The van der Waals surface area contributed by atoms with E-state index in [0.29, 0.717) is 63.6 Å². The molecule has 0 unspecified atom stereocenters. The number of azo groups is 2. The molecule has 0 aliphatic carbocycles. The topological polar surface area (TPSA) is 233 Å². The molecule has 0 amide bonds. The highest BCUT2D eigenvalue weighted by Gasteiger charge is 2.21. The number of nitrogens with two attached hydrogens (primary N) is 2. The van der Waals surface area contributed by atoms with E-state index in [9.17, 15) is 9.59 Å². The Balaban J connectivity index is 1.51. The number of anilines is 2. The molecule has 0 spiro atoms. The van der Waals surface area contributed by atoms with Gasteiger partial charge in [-0.1, -0.05) is 13.3 Å². The molecule has 0 aromatic carbocycles. The van der Waals surface area contributed by atoms with Gasteiger partial charge in [-0.15, -0.1) is 20.5 Å². The van der Waals surface area contributed by atoms with Crippen LogP contribution >= 0.6 is 0 Å². The van der Waals surface area contributed by atoms with E-state index in [-0.39, 0.29) is 23.2 Å². The van der Waals surface area contributed by atoms with Gasteiger partial charge in [0.15, 0.2) is 57.8 Å². The highest BCUT2D eigenvalue weighted by molar-refractivity contribution is 5.98.